The second kappa shape index (κ2) is 9.26. The number of halogens is 1. The molecule has 0 saturated carbocycles. The molecule has 1 heterocycles. The Morgan fingerprint density at radius 3 is 2.24 bits per heavy atom. The largest absolute Gasteiger partial charge is 0.497 e. The van der Waals surface area contributed by atoms with E-state index in [0.29, 0.717) is 39.2 Å². The maximum absolute atomic E-state index is 13.6. The molecule has 0 aliphatic carbocycles. The van der Waals surface area contributed by atoms with E-state index in [1.807, 2.05) is 0 Å². The highest BCUT2D eigenvalue weighted by molar-refractivity contribution is 6.46. The summed E-state index contributed by atoms with van der Waals surface area (Å²) in [5.74, 6) is 0.452. The van der Waals surface area contributed by atoms with Crippen molar-refractivity contribution in [1.82, 2.24) is 0 Å². The molecule has 4 rings (SSSR count). The molecule has 1 aliphatic rings. The smallest absolute Gasteiger partial charge is 0.282 e. The number of para-hydroxylation sites is 1. The summed E-state index contributed by atoms with van der Waals surface area (Å²) in [6, 6.07) is 18.7. The van der Waals surface area contributed by atoms with Gasteiger partial charge in [0.05, 0.1) is 38.3 Å². The molecule has 0 fully saturated rings. The Hall–Kier alpha value is -3.97. The van der Waals surface area contributed by atoms with Crippen LogP contribution in [0.3, 0.4) is 0 Å². The van der Waals surface area contributed by atoms with Crippen molar-refractivity contribution in [3.63, 3.8) is 0 Å². The van der Waals surface area contributed by atoms with E-state index in [2.05, 4.69) is 5.32 Å². The number of nitrogens with zero attached hydrogens (tertiary/aromatic N) is 1. The maximum atomic E-state index is 13.6. The molecule has 1 aliphatic heterocycles. The van der Waals surface area contributed by atoms with Crippen LogP contribution in [0.4, 0.5) is 11.4 Å². The first-order valence-electron chi connectivity index (χ1n) is 9.99. The monoisotopic (exact) mass is 464 g/mol. The summed E-state index contributed by atoms with van der Waals surface area (Å²) in [4.78, 5) is 28.3. The van der Waals surface area contributed by atoms with Gasteiger partial charge in [-0.05, 0) is 36.4 Å². The van der Waals surface area contributed by atoms with Gasteiger partial charge in [0.15, 0.2) is 0 Å². The molecule has 0 atom stereocenters. The number of rotatable bonds is 7. The highest BCUT2D eigenvalue weighted by Crippen LogP contribution is 2.39. The van der Waals surface area contributed by atoms with Gasteiger partial charge in [-0.25, -0.2) is 4.90 Å². The Morgan fingerprint density at radius 1 is 0.788 bits per heavy atom. The van der Waals surface area contributed by atoms with E-state index >= 15 is 0 Å². The van der Waals surface area contributed by atoms with Crippen LogP contribution in [0.1, 0.15) is 5.56 Å². The van der Waals surface area contributed by atoms with E-state index in [9.17, 15) is 9.59 Å². The van der Waals surface area contributed by atoms with Crippen LogP contribution in [-0.2, 0) is 9.59 Å². The SMILES string of the molecule is COc1ccc(OC)c(NC2=C(c3ccccc3OC)C(=O)N(c3cccc(Cl)c3)C2=O)c1. The minimum Gasteiger partial charge on any atom is -0.497 e. The lowest BCUT2D eigenvalue weighted by molar-refractivity contribution is -0.120. The molecular formula is C25H21ClN2O5. The predicted octanol–water partition coefficient (Wildman–Crippen LogP) is 4.76. The zero-order valence-electron chi connectivity index (χ0n) is 18.2. The minimum absolute atomic E-state index is 0.0797. The number of ether oxygens (including phenoxy) is 3. The van der Waals surface area contributed by atoms with Crippen molar-refractivity contribution < 1.29 is 23.8 Å². The third-order valence-corrected chi connectivity index (χ3v) is 5.43. The van der Waals surface area contributed by atoms with E-state index in [1.165, 1.54) is 21.3 Å². The Bertz CT molecular complexity index is 1270. The summed E-state index contributed by atoms with van der Waals surface area (Å²) in [6.45, 7) is 0. The van der Waals surface area contributed by atoms with Crippen molar-refractivity contribution in [3.8, 4) is 17.2 Å². The Balaban J connectivity index is 1.90. The second-order valence-electron chi connectivity index (χ2n) is 7.07. The van der Waals surface area contributed by atoms with E-state index in [0.717, 1.165) is 4.90 Å². The van der Waals surface area contributed by atoms with Gasteiger partial charge in [-0.3, -0.25) is 9.59 Å². The molecule has 168 valence electrons. The first-order chi connectivity index (χ1) is 16.0. The molecule has 0 radical (unpaired) electrons. The zero-order chi connectivity index (χ0) is 23.5. The van der Waals surface area contributed by atoms with Crippen molar-refractivity contribution in [2.75, 3.05) is 31.5 Å². The number of hydrogen-bond acceptors (Lipinski definition) is 6. The molecule has 0 bridgehead atoms. The fourth-order valence-corrected chi connectivity index (χ4v) is 3.83. The van der Waals surface area contributed by atoms with Crippen LogP contribution < -0.4 is 24.4 Å². The lowest BCUT2D eigenvalue weighted by Crippen LogP contribution is -2.32. The number of nitrogens with one attached hydrogen (secondary N) is 1. The van der Waals surface area contributed by atoms with Crippen molar-refractivity contribution in [2.24, 2.45) is 0 Å². The average Bonchev–Trinajstić information content (AvgIpc) is 3.07. The van der Waals surface area contributed by atoms with Crippen LogP contribution in [-0.4, -0.2) is 33.1 Å². The molecule has 33 heavy (non-hydrogen) atoms. The summed E-state index contributed by atoms with van der Waals surface area (Å²) in [5.41, 5.74) is 1.55. The Morgan fingerprint density at radius 2 is 1.55 bits per heavy atom. The van der Waals surface area contributed by atoms with Gasteiger partial charge in [0.2, 0.25) is 0 Å². The predicted molar refractivity (Wildman–Crippen MR) is 127 cm³/mol. The molecule has 0 aromatic heterocycles. The number of anilines is 2. The van der Waals surface area contributed by atoms with Crippen molar-refractivity contribution in [3.05, 3.63) is 83.0 Å². The number of amides is 2. The highest BCUT2D eigenvalue weighted by atomic mass is 35.5. The summed E-state index contributed by atoms with van der Waals surface area (Å²) >= 11 is 6.13. The van der Waals surface area contributed by atoms with Gasteiger partial charge in [0, 0.05) is 16.7 Å². The number of hydrogen-bond donors (Lipinski definition) is 1. The standard InChI is InChI=1S/C25H21ClN2O5/c1-31-17-11-12-21(33-3)19(14-17)27-23-22(18-9-4-5-10-20(18)32-2)24(29)28(25(23)30)16-8-6-7-15(26)13-16/h4-14,27H,1-3H3. The van der Waals surface area contributed by atoms with Gasteiger partial charge in [-0.15, -0.1) is 0 Å². The fourth-order valence-electron chi connectivity index (χ4n) is 3.64. The lowest BCUT2D eigenvalue weighted by atomic mass is 10.0. The molecule has 0 unspecified atom stereocenters. The molecule has 2 amide bonds. The first-order valence-corrected chi connectivity index (χ1v) is 10.4. The summed E-state index contributed by atoms with van der Waals surface area (Å²) < 4.78 is 16.2. The van der Waals surface area contributed by atoms with Crippen LogP contribution in [0.25, 0.3) is 5.57 Å². The topological polar surface area (TPSA) is 77.1 Å². The number of methoxy groups -OCH3 is 3. The van der Waals surface area contributed by atoms with Crippen molar-refractivity contribution in [1.29, 1.82) is 0 Å². The normalized spacial score (nSPS) is 13.4. The van der Waals surface area contributed by atoms with Crippen LogP contribution in [0.15, 0.2) is 72.4 Å². The van der Waals surface area contributed by atoms with E-state index in [-0.39, 0.29) is 11.3 Å². The molecule has 3 aromatic carbocycles. The Kier molecular flexibility index (Phi) is 6.24. The first kappa shape index (κ1) is 22.2. The molecule has 0 spiro atoms. The van der Waals surface area contributed by atoms with E-state index in [1.54, 1.807) is 66.7 Å². The van der Waals surface area contributed by atoms with Gasteiger partial charge in [0.1, 0.15) is 22.9 Å². The highest BCUT2D eigenvalue weighted by Gasteiger charge is 2.41. The van der Waals surface area contributed by atoms with Crippen LogP contribution in [0.2, 0.25) is 5.02 Å². The molecule has 8 heteroatoms. The van der Waals surface area contributed by atoms with Crippen LogP contribution in [0.5, 0.6) is 17.2 Å². The molecular weight excluding hydrogens is 444 g/mol. The fraction of sp³-hybridized carbons (Fsp3) is 0.120. The Labute approximate surface area is 196 Å². The molecule has 0 saturated heterocycles. The average molecular weight is 465 g/mol. The van der Waals surface area contributed by atoms with Gasteiger partial charge in [0.25, 0.3) is 11.8 Å². The van der Waals surface area contributed by atoms with Gasteiger partial charge < -0.3 is 19.5 Å². The number of imide groups is 1. The minimum atomic E-state index is -0.534. The third kappa shape index (κ3) is 4.10. The van der Waals surface area contributed by atoms with Gasteiger partial charge >= 0.3 is 0 Å². The van der Waals surface area contributed by atoms with Crippen LogP contribution >= 0.6 is 11.6 Å². The second-order valence-corrected chi connectivity index (χ2v) is 7.50. The van der Waals surface area contributed by atoms with E-state index in [4.69, 9.17) is 25.8 Å². The third-order valence-electron chi connectivity index (χ3n) is 5.19. The van der Waals surface area contributed by atoms with Crippen molar-refractivity contribution >= 4 is 40.4 Å². The maximum Gasteiger partial charge on any atom is 0.282 e. The molecule has 3 aromatic rings. The summed E-state index contributed by atoms with van der Waals surface area (Å²) in [6.07, 6.45) is 0. The summed E-state index contributed by atoms with van der Waals surface area (Å²) in [5, 5.41) is 3.51. The van der Waals surface area contributed by atoms with Gasteiger partial charge in [-0.1, -0.05) is 35.9 Å². The molecule has 1 N–H and O–H groups in total. The zero-order valence-corrected chi connectivity index (χ0v) is 19.0. The lowest BCUT2D eigenvalue weighted by Gasteiger charge is -2.16. The molecule has 7 nitrogen and oxygen atoms in total. The van der Waals surface area contributed by atoms with E-state index < -0.39 is 11.8 Å². The van der Waals surface area contributed by atoms with Crippen LogP contribution in [0, 0.1) is 0 Å². The number of carbonyl (C=O) groups excluding carboxylic acids is 2. The van der Waals surface area contributed by atoms with Crippen molar-refractivity contribution in [2.45, 2.75) is 0 Å². The number of carbonyl (C=O) groups is 2. The van der Waals surface area contributed by atoms with Gasteiger partial charge in [-0.2, -0.15) is 0 Å². The number of benzene rings is 3. The summed E-state index contributed by atoms with van der Waals surface area (Å²) in [7, 11) is 4.56. The quantitative estimate of drug-likeness (QED) is 0.508.